The van der Waals surface area contributed by atoms with Crippen molar-refractivity contribution in [3.63, 3.8) is 0 Å². The highest BCUT2D eigenvalue weighted by Gasteiger charge is 2.07. The van der Waals surface area contributed by atoms with Crippen molar-refractivity contribution < 1.29 is 4.74 Å². The third-order valence-corrected chi connectivity index (χ3v) is 4.08. The molecule has 24 heavy (non-hydrogen) atoms. The molecule has 4 aromatic rings. The van der Waals surface area contributed by atoms with Crippen molar-refractivity contribution in [2.75, 3.05) is 0 Å². The topological polar surface area (TPSA) is 37.9 Å². The number of aromatic amines is 1. The molecule has 4 rings (SSSR count). The Morgan fingerprint density at radius 3 is 2.62 bits per heavy atom. The Kier molecular flexibility index (Phi) is 3.98. The molecule has 3 nitrogen and oxygen atoms in total. The first kappa shape index (κ1) is 14.5. The lowest BCUT2D eigenvalue weighted by Crippen LogP contribution is -1.95. The van der Waals surface area contributed by atoms with Crippen molar-refractivity contribution in [1.82, 2.24) is 9.97 Å². The number of aromatic nitrogens is 2. The Labute approximate surface area is 140 Å². The van der Waals surface area contributed by atoms with E-state index in [1.54, 1.807) is 0 Å². The second kappa shape index (κ2) is 6.59. The Morgan fingerprint density at radius 2 is 1.79 bits per heavy atom. The summed E-state index contributed by atoms with van der Waals surface area (Å²) in [5.41, 5.74) is 4.58. The highest BCUT2D eigenvalue weighted by atomic mass is 16.5. The fourth-order valence-corrected chi connectivity index (χ4v) is 2.83. The number of benzene rings is 2. The van der Waals surface area contributed by atoms with E-state index in [1.807, 2.05) is 42.6 Å². The molecule has 0 fully saturated rings. The molecule has 2 heterocycles. The molecule has 2 aromatic heterocycles. The van der Waals surface area contributed by atoms with Crippen LogP contribution < -0.4 is 4.74 Å². The van der Waals surface area contributed by atoms with Crippen molar-refractivity contribution >= 4 is 10.9 Å². The summed E-state index contributed by atoms with van der Waals surface area (Å²) in [6.45, 7) is 0.576. The van der Waals surface area contributed by atoms with Crippen LogP contribution in [0.3, 0.4) is 0 Å². The fraction of sp³-hybridized carbons (Fsp3) is 0.0952. The molecule has 0 atom stereocenters. The molecule has 0 bridgehead atoms. The van der Waals surface area contributed by atoms with Crippen LogP contribution in [-0.2, 0) is 13.0 Å². The van der Waals surface area contributed by atoms with E-state index in [2.05, 4.69) is 46.5 Å². The molecular weight excluding hydrogens is 296 g/mol. The number of ether oxygens (including phenoxy) is 1. The first-order valence-corrected chi connectivity index (χ1v) is 8.05. The summed E-state index contributed by atoms with van der Waals surface area (Å²) in [6.07, 6.45) is 4.70. The molecule has 0 saturated carbocycles. The van der Waals surface area contributed by atoms with Crippen molar-refractivity contribution in [3.05, 3.63) is 95.9 Å². The van der Waals surface area contributed by atoms with E-state index in [9.17, 15) is 0 Å². The summed E-state index contributed by atoms with van der Waals surface area (Å²) in [7, 11) is 0. The molecule has 0 saturated heterocycles. The summed E-state index contributed by atoms with van der Waals surface area (Å²) in [5.74, 6) is 0.883. The maximum absolute atomic E-state index is 5.95. The van der Waals surface area contributed by atoms with Crippen molar-refractivity contribution in [2.24, 2.45) is 0 Å². The van der Waals surface area contributed by atoms with E-state index < -0.39 is 0 Å². The maximum Gasteiger partial charge on any atom is 0.120 e. The average molecular weight is 314 g/mol. The first-order valence-electron chi connectivity index (χ1n) is 8.05. The van der Waals surface area contributed by atoms with Gasteiger partial charge in [-0.3, -0.25) is 4.98 Å². The van der Waals surface area contributed by atoms with Crippen LogP contribution in [0.1, 0.15) is 16.8 Å². The molecule has 1 N–H and O–H groups in total. The number of nitrogens with zero attached hydrogens (tertiary/aromatic N) is 1. The summed E-state index contributed by atoms with van der Waals surface area (Å²) in [6, 6.07) is 22.4. The molecule has 0 unspecified atom stereocenters. The third-order valence-electron chi connectivity index (χ3n) is 4.08. The van der Waals surface area contributed by atoms with E-state index in [-0.39, 0.29) is 0 Å². The first-order chi connectivity index (χ1) is 11.9. The van der Waals surface area contributed by atoms with Crippen LogP contribution in [0.4, 0.5) is 0 Å². The predicted molar refractivity (Wildman–Crippen MR) is 96.1 cm³/mol. The summed E-state index contributed by atoms with van der Waals surface area (Å²) < 4.78 is 5.95. The minimum Gasteiger partial charge on any atom is -0.489 e. The van der Waals surface area contributed by atoms with Gasteiger partial charge in [0.05, 0.1) is 0 Å². The number of hydrogen-bond acceptors (Lipinski definition) is 2. The minimum atomic E-state index is 0.576. The Morgan fingerprint density at radius 1 is 0.917 bits per heavy atom. The van der Waals surface area contributed by atoms with Gasteiger partial charge >= 0.3 is 0 Å². The van der Waals surface area contributed by atoms with Crippen LogP contribution >= 0.6 is 0 Å². The van der Waals surface area contributed by atoms with Gasteiger partial charge in [0.2, 0.25) is 0 Å². The Hall–Kier alpha value is -3.07. The second-order valence-electron chi connectivity index (χ2n) is 5.79. The molecule has 3 heteroatoms. The van der Waals surface area contributed by atoms with Crippen LogP contribution in [0, 0.1) is 0 Å². The Bertz CT molecular complexity index is 930. The Balaban J connectivity index is 1.56. The third kappa shape index (κ3) is 3.15. The molecular formula is C21H18N2O. The number of rotatable bonds is 5. The van der Waals surface area contributed by atoms with Crippen LogP contribution in [0.25, 0.3) is 10.9 Å². The molecule has 0 amide bonds. The molecule has 0 aliphatic carbocycles. The smallest absolute Gasteiger partial charge is 0.120 e. The van der Waals surface area contributed by atoms with Gasteiger partial charge in [0.15, 0.2) is 0 Å². The number of fused-ring (bicyclic) bond motifs is 1. The van der Waals surface area contributed by atoms with Gasteiger partial charge in [-0.2, -0.15) is 0 Å². The lowest BCUT2D eigenvalue weighted by atomic mass is 10.1. The SMILES string of the molecule is c1ccc(COc2ccc3[nH]cc(Cc4ccccn4)c3c2)cc1. The maximum atomic E-state index is 5.95. The largest absolute Gasteiger partial charge is 0.489 e. The van der Waals surface area contributed by atoms with Gasteiger partial charge in [-0.15, -0.1) is 0 Å². The van der Waals surface area contributed by atoms with E-state index in [1.165, 1.54) is 16.5 Å². The zero-order valence-corrected chi connectivity index (χ0v) is 13.3. The van der Waals surface area contributed by atoms with Crippen molar-refractivity contribution in [3.8, 4) is 5.75 Å². The van der Waals surface area contributed by atoms with Gasteiger partial charge in [-0.05, 0) is 41.5 Å². The second-order valence-corrected chi connectivity index (χ2v) is 5.79. The lowest BCUT2D eigenvalue weighted by Gasteiger charge is -2.07. The van der Waals surface area contributed by atoms with Crippen LogP contribution in [-0.4, -0.2) is 9.97 Å². The minimum absolute atomic E-state index is 0.576. The zero-order valence-electron chi connectivity index (χ0n) is 13.3. The molecule has 2 aromatic carbocycles. The zero-order chi connectivity index (χ0) is 16.2. The predicted octanol–water partition coefficient (Wildman–Crippen LogP) is 4.73. The van der Waals surface area contributed by atoms with Crippen molar-refractivity contribution in [2.45, 2.75) is 13.0 Å². The van der Waals surface area contributed by atoms with Gasteiger partial charge in [0, 0.05) is 35.4 Å². The van der Waals surface area contributed by atoms with Crippen LogP contribution in [0.2, 0.25) is 0 Å². The molecule has 118 valence electrons. The van der Waals surface area contributed by atoms with Gasteiger partial charge < -0.3 is 9.72 Å². The van der Waals surface area contributed by atoms with Gasteiger partial charge in [-0.1, -0.05) is 36.4 Å². The van der Waals surface area contributed by atoms with E-state index in [0.29, 0.717) is 6.61 Å². The van der Waals surface area contributed by atoms with E-state index >= 15 is 0 Å². The molecule has 0 aliphatic heterocycles. The van der Waals surface area contributed by atoms with E-state index in [0.717, 1.165) is 23.4 Å². The fourth-order valence-electron chi connectivity index (χ4n) is 2.83. The average Bonchev–Trinajstić information content (AvgIpc) is 3.04. The monoisotopic (exact) mass is 314 g/mol. The number of hydrogen-bond donors (Lipinski definition) is 1. The molecule has 0 radical (unpaired) electrons. The number of H-pyrrole nitrogens is 1. The van der Waals surface area contributed by atoms with Gasteiger partial charge in [-0.25, -0.2) is 0 Å². The van der Waals surface area contributed by atoms with Crippen LogP contribution in [0.5, 0.6) is 5.75 Å². The quantitative estimate of drug-likeness (QED) is 0.578. The number of pyridine rings is 1. The summed E-state index contributed by atoms with van der Waals surface area (Å²) in [5, 5.41) is 1.19. The van der Waals surface area contributed by atoms with Gasteiger partial charge in [0.1, 0.15) is 12.4 Å². The van der Waals surface area contributed by atoms with Gasteiger partial charge in [0.25, 0.3) is 0 Å². The van der Waals surface area contributed by atoms with Crippen molar-refractivity contribution in [1.29, 1.82) is 0 Å². The summed E-state index contributed by atoms with van der Waals surface area (Å²) >= 11 is 0. The number of nitrogens with one attached hydrogen (secondary N) is 1. The lowest BCUT2D eigenvalue weighted by molar-refractivity contribution is 0.306. The van der Waals surface area contributed by atoms with Crippen LogP contribution in [0.15, 0.2) is 79.1 Å². The normalized spacial score (nSPS) is 10.8. The molecule has 0 spiro atoms. The highest BCUT2D eigenvalue weighted by Crippen LogP contribution is 2.25. The van der Waals surface area contributed by atoms with E-state index in [4.69, 9.17) is 4.74 Å². The molecule has 0 aliphatic rings. The summed E-state index contributed by atoms with van der Waals surface area (Å²) in [4.78, 5) is 7.74. The standard InChI is InChI=1S/C21H18N2O/c1-2-6-16(7-3-1)15-24-19-9-10-21-20(13-19)17(14-23-21)12-18-8-4-5-11-22-18/h1-11,13-14,23H,12,15H2. The highest BCUT2D eigenvalue weighted by molar-refractivity contribution is 5.84.